The zero-order chi connectivity index (χ0) is 30.8. The Morgan fingerprint density at radius 2 is 1.82 bits per heavy atom. The van der Waals surface area contributed by atoms with Gasteiger partial charge in [-0.05, 0) is 73.7 Å². The SMILES string of the molecule is Cc1c(C#Cc2cnc3ccc(N4CCC(N5CCOCC5)CC4)nn23)cccc1C(=O)Nc1cc(Cl)cc(C(F)(F)F)c1. The van der Waals surface area contributed by atoms with E-state index in [1.807, 2.05) is 12.1 Å². The number of nitrogens with zero attached hydrogens (tertiary/aromatic N) is 5. The number of hydrogen-bond acceptors (Lipinski definition) is 6. The van der Waals surface area contributed by atoms with Crippen LogP contribution in [0.4, 0.5) is 24.7 Å². The van der Waals surface area contributed by atoms with E-state index in [-0.39, 0.29) is 16.3 Å². The fourth-order valence-electron chi connectivity index (χ4n) is 5.69. The molecule has 12 heteroatoms. The van der Waals surface area contributed by atoms with Crippen molar-refractivity contribution in [1.29, 1.82) is 0 Å². The van der Waals surface area contributed by atoms with Gasteiger partial charge in [-0.3, -0.25) is 9.69 Å². The van der Waals surface area contributed by atoms with Crippen molar-refractivity contribution >= 4 is 34.7 Å². The number of fused-ring (bicyclic) bond motifs is 1. The van der Waals surface area contributed by atoms with Gasteiger partial charge in [-0.15, -0.1) is 5.10 Å². The van der Waals surface area contributed by atoms with E-state index in [0.717, 1.165) is 70.2 Å². The number of piperidine rings is 1. The van der Waals surface area contributed by atoms with Crippen molar-refractivity contribution in [2.45, 2.75) is 32.0 Å². The standard InChI is InChI=1S/C32H30ClF3N6O2/c1-21-22(3-2-4-28(21)31(43)38-25-18-23(32(34,35)36)17-24(33)19-25)5-6-27-20-37-29-7-8-30(39-42(27)29)41-11-9-26(10-12-41)40-13-15-44-16-14-40/h2-4,7-8,17-20,26H,9-16H2,1H3,(H,38,43). The number of halogens is 4. The molecule has 2 aromatic heterocycles. The number of nitrogens with one attached hydrogen (secondary N) is 1. The molecule has 4 aromatic rings. The normalized spacial score (nSPS) is 16.5. The predicted octanol–water partition coefficient (Wildman–Crippen LogP) is 5.66. The highest BCUT2D eigenvalue weighted by atomic mass is 35.5. The van der Waals surface area contributed by atoms with Gasteiger partial charge >= 0.3 is 6.18 Å². The molecule has 2 aliphatic rings. The summed E-state index contributed by atoms with van der Waals surface area (Å²) in [5, 5.41) is 7.24. The number of anilines is 2. The largest absolute Gasteiger partial charge is 0.416 e. The van der Waals surface area contributed by atoms with Crippen molar-refractivity contribution in [3.05, 3.63) is 87.7 Å². The first-order valence-corrected chi connectivity index (χ1v) is 14.8. The van der Waals surface area contributed by atoms with Crippen LogP contribution in [0.3, 0.4) is 0 Å². The molecule has 0 unspecified atom stereocenters. The van der Waals surface area contributed by atoms with Gasteiger partial charge in [0.15, 0.2) is 5.65 Å². The van der Waals surface area contributed by atoms with Gasteiger partial charge < -0.3 is 15.0 Å². The molecular weight excluding hydrogens is 593 g/mol. The minimum Gasteiger partial charge on any atom is -0.379 e. The first kappa shape index (κ1) is 29.9. The van der Waals surface area contributed by atoms with Crippen LogP contribution in [0.15, 0.2) is 54.7 Å². The fraction of sp³-hybridized carbons (Fsp3) is 0.344. The van der Waals surface area contributed by atoms with Crippen molar-refractivity contribution in [1.82, 2.24) is 19.5 Å². The molecule has 0 aliphatic carbocycles. The smallest absolute Gasteiger partial charge is 0.379 e. The highest BCUT2D eigenvalue weighted by molar-refractivity contribution is 6.31. The number of benzene rings is 2. The summed E-state index contributed by atoms with van der Waals surface area (Å²) < 4.78 is 46.9. The van der Waals surface area contributed by atoms with Gasteiger partial charge in [-0.25, -0.2) is 9.50 Å². The minimum absolute atomic E-state index is 0.0522. The highest BCUT2D eigenvalue weighted by Crippen LogP contribution is 2.33. The molecule has 2 saturated heterocycles. The van der Waals surface area contributed by atoms with Crippen LogP contribution in [0.25, 0.3) is 5.65 Å². The molecular formula is C32H30ClF3N6O2. The number of carbonyl (C=O) groups excluding carboxylic acids is 1. The molecule has 6 rings (SSSR count). The van der Waals surface area contributed by atoms with Gasteiger partial charge in [0.25, 0.3) is 5.91 Å². The number of morpholine rings is 1. The third-order valence-electron chi connectivity index (χ3n) is 8.09. The van der Waals surface area contributed by atoms with Gasteiger partial charge in [0.2, 0.25) is 0 Å². The third-order valence-corrected chi connectivity index (χ3v) is 8.30. The predicted molar refractivity (Wildman–Crippen MR) is 162 cm³/mol. The van der Waals surface area contributed by atoms with E-state index >= 15 is 0 Å². The van der Waals surface area contributed by atoms with Gasteiger partial charge in [-0.1, -0.05) is 23.6 Å². The lowest BCUT2D eigenvalue weighted by Gasteiger charge is -2.40. The Morgan fingerprint density at radius 3 is 2.57 bits per heavy atom. The minimum atomic E-state index is -4.59. The van der Waals surface area contributed by atoms with E-state index in [0.29, 0.717) is 28.5 Å². The lowest BCUT2D eigenvalue weighted by molar-refractivity contribution is -0.137. The number of rotatable bonds is 4. The maximum atomic E-state index is 13.2. The Kier molecular flexibility index (Phi) is 8.49. The molecule has 1 N–H and O–H groups in total. The Balaban J connectivity index is 1.18. The maximum Gasteiger partial charge on any atom is 0.416 e. The van der Waals surface area contributed by atoms with Gasteiger partial charge in [0, 0.05) is 54.1 Å². The van der Waals surface area contributed by atoms with Gasteiger partial charge in [0.1, 0.15) is 11.5 Å². The topological polar surface area (TPSA) is 75.0 Å². The van der Waals surface area contributed by atoms with E-state index < -0.39 is 17.6 Å². The monoisotopic (exact) mass is 622 g/mol. The van der Waals surface area contributed by atoms with E-state index in [1.54, 1.807) is 35.8 Å². The molecule has 0 radical (unpaired) electrons. The van der Waals surface area contributed by atoms with Crippen molar-refractivity contribution in [3.63, 3.8) is 0 Å². The second-order valence-corrected chi connectivity index (χ2v) is 11.3. The average molecular weight is 623 g/mol. The number of amides is 1. The Bertz CT molecular complexity index is 1750. The summed E-state index contributed by atoms with van der Waals surface area (Å²) in [5.74, 6) is 6.54. The molecule has 0 spiro atoms. The number of aromatic nitrogens is 3. The molecule has 228 valence electrons. The highest BCUT2D eigenvalue weighted by Gasteiger charge is 2.31. The van der Waals surface area contributed by atoms with Crippen LogP contribution in [0.2, 0.25) is 5.02 Å². The second kappa shape index (κ2) is 12.5. The summed E-state index contributed by atoms with van der Waals surface area (Å²) in [6, 6.07) is 12.5. The Labute approximate surface area is 257 Å². The van der Waals surface area contributed by atoms with Crippen LogP contribution in [0, 0.1) is 18.8 Å². The van der Waals surface area contributed by atoms with Crippen LogP contribution in [0.5, 0.6) is 0 Å². The summed E-state index contributed by atoms with van der Waals surface area (Å²) >= 11 is 5.87. The van der Waals surface area contributed by atoms with Crippen LogP contribution in [-0.4, -0.2) is 70.8 Å². The summed E-state index contributed by atoms with van der Waals surface area (Å²) in [5.41, 5.74) is 1.73. The number of ether oxygens (including phenoxy) is 1. The Morgan fingerprint density at radius 1 is 1.05 bits per heavy atom. The summed E-state index contributed by atoms with van der Waals surface area (Å²) in [4.78, 5) is 22.3. The molecule has 2 aliphatic heterocycles. The molecule has 4 heterocycles. The summed E-state index contributed by atoms with van der Waals surface area (Å²) in [6.45, 7) is 7.15. The lowest BCUT2D eigenvalue weighted by atomic mass is 10.0. The molecule has 0 bridgehead atoms. The van der Waals surface area contributed by atoms with Gasteiger partial charge in [0.05, 0.1) is 25.0 Å². The molecule has 0 saturated carbocycles. The second-order valence-electron chi connectivity index (χ2n) is 10.9. The van der Waals surface area contributed by atoms with E-state index in [9.17, 15) is 18.0 Å². The zero-order valence-corrected chi connectivity index (χ0v) is 24.8. The van der Waals surface area contributed by atoms with Crippen LogP contribution >= 0.6 is 11.6 Å². The van der Waals surface area contributed by atoms with Crippen molar-refractivity contribution in [3.8, 4) is 11.8 Å². The first-order chi connectivity index (χ1) is 21.2. The van der Waals surface area contributed by atoms with Gasteiger partial charge in [-0.2, -0.15) is 13.2 Å². The van der Waals surface area contributed by atoms with Crippen molar-refractivity contribution in [2.75, 3.05) is 49.6 Å². The first-order valence-electron chi connectivity index (χ1n) is 14.4. The lowest BCUT2D eigenvalue weighted by Crippen LogP contribution is -2.49. The maximum absolute atomic E-state index is 13.2. The average Bonchev–Trinajstić information content (AvgIpc) is 3.42. The number of imidazole rings is 1. The number of carbonyl (C=O) groups is 1. The third kappa shape index (κ3) is 6.53. The fourth-order valence-corrected chi connectivity index (χ4v) is 5.93. The quantitative estimate of drug-likeness (QED) is 0.296. The Hall–Kier alpha value is -4.11. The zero-order valence-electron chi connectivity index (χ0n) is 24.0. The molecule has 1 amide bonds. The van der Waals surface area contributed by atoms with Crippen molar-refractivity contribution in [2.24, 2.45) is 0 Å². The molecule has 2 fully saturated rings. The molecule has 8 nitrogen and oxygen atoms in total. The van der Waals surface area contributed by atoms with Crippen LogP contribution in [0.1, 0.15) is 45.6 Å². The summed E-state index contributed by atoms with van der Waals surface area (Å²) in [7, 11) is 0. The van der Waals surface area contributed by atoms with Crippen LogP contribution < -0.4 is 10.2 Å². The number of alkyl halides is 3. The van der Waals surface area contributed by atoms with E-state index in [1.165, 1.54) is 6.07 Å². The molecule has 44 heavy (non-hydrogen) atoms. The molecule has 2 aromatic carbocycles. The van der Waals surface area contributed by atoms with E-state index in [4.69, 9.17) is 21.4 Å². The van der Waals surface area contributed by atoms with Crippen molar-refractivity contribution < 1.29 is 22.7 Å². The summed E-state index contributed by atoms with van der Waals surface area (Å²) in [6.07, 6.45) is -0.795. The number of hydrogen-bond donors (Lipinski definition) is 1. The van der Waals surface area contributed by atoms with E-state index in [2.05, 4.69) is 31.9 Å². The molecule has 0 atom stereocenters. The van der Waals surface area contributed by atoms with Crippen LogP contribution in [-0.2, 0) is 10.9 Å².